The highest BCUT2D eigenvalue weighted by Crippen LogP contribution is 2.30. The lowest BCUT2D eigenvalue weighted by Gasteiger charge is -2.28. The standard InChI is InChI=1S/C14H24F3N3O2/c1-13(2,3)8-10(14(15,16)17)19-12(22)18-9-11(21)20-6-4-5-7-20/h10H,4-9H2,1-3H3,(H2,18,19,22)/t10-/m1/s1. The van der Waals surface area contributed by atoms with E-state index in [1.807, 2.05) is 5.32 Å². The van der Waals surface area contributed by atoms with E-state index in [1.165, 1.54) is 0 Å². The summed E-state index contributed by atoms with van der Waals surface area (Å²) in [6, 6.07) is -2.91. The Hall–Kier alpha value is -1.47. The number of halogens is 3. The fourth-order valence-corrected chi connectivity index (χ4v) is 2.30. The zero-order chi connectivity index (χ0) is 17.0. The number of hydrogen-bond acceptors (Lipinski definition) is 2. The first kappa shape index (κ1) is 18.6. The molecule has 1 aliphatic rings. The largest absolute Gasteiger partial charge is 0.408 e. The van der Waals surface area contributed by atoms with Gasteiger partial charge in [-0.3, -0.25) is 4.79 Å². The van der Waals surface area contributed by atoms with Crippen LogP contribution < -0.4 is 10.6 Å². The predicted molar refractivity (Wildman–Crippen MR) is 76.3 cm³/mol. The molecule has 1 fully saturated rings. The molecule has 128 valence electrons. The van der Waals surface area contributed by atoms with E-state index in [4.69, 9.17) is 0 Å². The molecular formula is C14H24F3N3O2. The molecule has 8 heteroatoms. The van der Waals surface area contributed by atoms with Gasteiger partial charge in [-0.25, -0.2) is 4.79 Å². The van der Waals surface area contributed by atoms with Gasteiger partial charge in [-0.2, -0.15) is 13.2 Å². The second-order valence-electron chi connectivity index (χ2n) is 6.77. The highest BCUT2D eigenvalue weighted by atomic mass is 19.4. The van der Waals surface area contributed by atoms with Crippen molar-refractivity contribution in [3.8, 4) is 0 Å². The van der Waals surface area contributed by atoms with Crippen molar-refractivity contribution < 1.29 is 22.8 Å². The van der Waals surface area contributed by atoms with Crippen LogP contribution >= 0.6 is 0 Å². The second-order valence-corrected chi connectivity index (χ2v) is 6.77. The van der Waals surface area contributed by atoms with Crippen LogP contribution in [0, 0.1) is 5.41 Å². The average Bonchev–Trinajstić information content (AvgIpc) is 2.86. The van der Waals surface area contributed by atoms with E-state index in [1.54, 1.807) is 25.7 Å². The highest BCUT2D eigenvalue weighted by Gasteiger charge is 2.42. The molecule has 0 unspecified atom stereocenters. The molecule has 0 aliphatic carbocycles. The minimum Gasteiger partial charge on any atom is -0.341 e. The maximum absolute atomic E-state index is 12.9. The van der Waals surface area contributed by atoms with Crippen LogP contribution in [-0.4, -0.2) is 48.7 Å². The normalized spacial score (nSPS) is 17.3. The Balaban J connectivity index is 2.47. The van der Waals surface area contributed by atoms with Gasteiger partial charge in [-0.15, -0.1) is 0 Å². The summed E-state index contributed by atoms with van der Waals surface area (Å²) in [5, 5.41) is 4.12. The van der Waals surface area contributed by atoms with E-state index in [9.17, 15) is 22.8 Å². The van der Waals surface area contributed by atoms with Gasteiger partial charge in [0.1, 0.15) is 6.04 Å². The molecule has 0 aromatic rings. The summed E-state index contributed by atoms with van der Waals surface area (Å²) in [7, 11) is 0. The van der Waals surface area contributed by atoms with Gasteiger partial charge < -0.3 is 15.5 Å². The van der Waals surface area contributed by atoms with Crippen LogP contribution in [0.5, 0.6) is 0 Å². The van der Waals surface area contributed by atoms with Crippen molar-refractivity contribution in [2.24, 2.45) is 5.41 Å². The van der Waals surface area contributed by atoms with Crippen molar-refractivity contribution in [2.45, 2.75) is 52.3 Å². The van der Waals surface area contributed by atoms with Crippen molar-refractivity contribution in [3.63, 3.8) is 0 Å². The molecule has 2 N–H and O–H groups in total. The molecule has 1 rings (SSSR count). The van der Waals surface area contributed by atoms with E-state index < -0.39 is 23.7 Å². The molecule has 1 saturated heterocycles. The molecule has 1 atom stereocenters. The molecule has 0 saturated carbocycles. The summed E-state index contributed by atoms with van der Waals surface area (Å²) in [5.74, 6) is -0.271. The number of rotatable bonds is 4. The van der Waals surface area contributed by atoms with Gasteiger partial charge >= 0.3 is 12.2 Å². The number of nitrogens with zero attached hydrogens (tertiary/aromatic N) is 1. The SMILES string of the molecule is CC(C)(C)C[C@@H](NC(=O)NCC(=O)N1CCCC1)C(F)(F)F. The number of amides is 3. The van der Waals surface area contributed by atoms with Crippen LogP contribution in [0.3, 0.4) is 0 Å². The van der Waals surface area contributed by atoms with Crippen LogP contribution in [0.1, 0.15) is 40.0 Å². The van der Waals surface area contributed by atoms with Gasteiger partial charge in [-0.1, -0.05) is 20.8 Å². The van der Waals surface area contributed by atoms with Crippen molar-refractivity contribution in [3.05, 3.63) is 0 Å². The Morgan fingerprint density at radius 3 is 2.14 bits per heavy atom. The number of carbonyl (C=O) groups is 2. The van der Waals surface area contributed by atoms with Gasteiger partial charge in [0.2, 0.25) is 5.91 Å². The maximum atomic E-state index is 12.9. The van der Waals surface area contributed by atoms with Gasteiger partial charge in [0.25, 0.3) is 0 Å². The summed E-state index contributed by atoms with van der Waals surface area (Å²) < 4.78 is 38.8. The monoisotopic (exact) mass is 323 g/mol. The zero-order valence-electron chi connectivity index (χ0n) is 13.2. The molecule has 0 bridgehead atoms. The molecule has 22 heavy (non-hydrogen) atoms. The van der Waals surface area contributed by atoms with Crippen molar-refractivity contribution in [1.82, 2.24) is 15.5 Å². The van der Waals surface area contributed by atoms with E-state index in [0.717, 1.165) is 12.8 Å². The first-order chi connectivity index (χ1) is 9.99. The van der Waals surface area contributed by atoms with E-state index in [-0.39, 0.29) is 18.9 Å². The van der Waals surface area contributed by atoms with Gasteiger partial charge in [0.05, 0.1) is 6.54 Å². The highest BCUT2D eigenvalue weighted by molar-refractivity contribution is 5.84. The third-order valence-corrected chi connectivity index (χ3v) is 3.38. The number of nitrogens with one attached hydrogen (secondary N) is 2. The summed E-state index contributed by atoms with van der Waals surface area (Å²) in [5.41, 5.74) is -0.584. The molecular weight excluding hydrogens is 299 g/mol. The third kappa shape index (κ3) is 6.53. The molecule has 0 aromatic heterocycles. The first-order valence-electron chi connectivity index (χ1n) is 7.38. The Labute approximate surface area is 128 Å². The van der Waals surface area contributed by atoms with Crippen LogP contribution in [0.15, 0.2) is 0 Å². The van der Waals surface area contributed by atoms with Crippen molar-refractivity contribution >= 4 is 11.9 Å². The van der Waals surface area contributed by atoms with Gasteiger partial charge in [0, 0.05) is 13.1 Å². The predicted octanol–water partition coefficient (Wildman–Crippen LogP) is 2.28. The molecule has 5 nitrogen and oxygen atoms in total. The lowest BCUT2D eigenvalue weighted by molar-refractivity contribution is -0.159. The Morgan fingerprint density at radius 1 is 1.14 bits per heavy atom. The Kier molecular flexibility index (Phi) is 6.08. The average molecular weight is 323 g/mol. The van der Waals surface area contributed by atoms with Gasteiger partial charge in [-0.05, 0) is 24.7 Å². The molecule has 3 amide bonds. The maximum Gasteiger partial charge on any atom is 0.408 e. The smallest absolute Gasteiger partial charge is 0.341 e. The molecule has 1 aliphatic heterocycles. The fourth-order valence-electron chi connectivity index (χ4n) is 2.30. The number of carbonyl (C=O) groups excluding carboxylic acids is 2. The first-order valence-corrected chi connectivity index (χ1v) is 7.38. The fraction of sp³-hybridized carbons (Fsp3) is 0.857. The van der Waals surface area contributed by atoms with E-state index in [2.05, 4.69) is 5.32 Å². The zero-order valence-corrected chi connectivity index (χ0v) is 13.2. The van der Waals surface area contributed by atoms with E-state index >= 15 is 0 Å². The number of alkyl halides is 3. The molecule has 0 radical (unpaired) electrons. The van der Waals surface area contributed by atoms with Crippen molar-refractivity contribution in [2.75, 3.05) is 19.6 Å². The minimum absolute atomic E-state index is 0.232. The summed E-state index contributed by atoms with van der Waals surface area (Å²) in [6.45, 7) is 5.99. The lowest BCUT2D eigenvalue weighted by atomic mass is 9.88. The van der Waals surface area contributed by atoms with Crippen molar-refractivity contribution in [1.29, 1.82) is 0 Å². The molecule has 0 spiro atoms. The molecule has 0 aromatic carbocycles. The van der Waals surface area contributed by atoms with Crippen LogP contribution in [0.4, 0.5) is 18.0 Å². The third-order valence-electron chi connectivity index (χ3n) is 3.38. The van der Waals surface area contributed by atoms with E-state index in [0.29, 0.717) is 13.1 Å². The topological polar surface area (TPSA) is 61.4 Å². The Bertz CT molecular complexity index is 399. The van der Waals surface area contributed by atoms with Gasteiger partial charge in [0.15, 0.2) is 0 Å². The van der Waals surface area contributed by atoms with Crippen LogP contribution in [0.25, 0.3) is 0 Å². The van der Waals surface area contributed by atoms with Crippen LogP contribution in [-0.2, 0) is 4.79 Å². The quantitative estimate of drug-likeness (QED) is 0.834. The summed E-state index contributed by atoms with van der Waals surface area (Å²) in [4.78, 5) is 24.9. The number of urea groups is 1. The summed E-state index contributed by atoms with van der Waals surface area (Å²) in [6.07, 6.45) is -2.92. The number of likely N-dealkylation sites (tertiary alicyclic amines) is 1. The second kappa shape index (κ2) is 7.19. The minimum atomic E-state index is -4.52. The Morgan fingerprint density at radius 2 is 1.68 bits per heavy atom. The lowest BCUT2D eigenvalue weighted by Crippen LogP contribution is -2.52. The number of hydrogen-bond donors (Lipinski definition) is 2. The van der Waals surface area contributed by atoms with Crippen LogP contribution in [0.2, 0.25) is 0 Å². The molecule has 1 heterocycles. The summed E-state index contributed by atoms with van der Waals surface area (Å²) >= 11 is 0.